The van der Waals surface area contributed by atoms with Crippen LogP contribution in [0.1, 0.15) is 75.8 Å². The van der Waals surface area contributed by atoms with E-state index in [1.807, 2.05) is 26.0 Å². The molecule has 1 atom stereocenters. The Morgan fingerprint density at radius 3 is 2.04 bits per heavy atom. The summed E-state index contributed by atoms with van der Waals surface area (Å²) in [6.45, 7) is 6.42. The van der Waals surface area contributed by atoms with Gasteiger partial charge in [0.15, 0.2) is 0 Å². The zero-order chi connectivity index (χ0) is 17.8. The predicted molar refractivity (Wildman–Crippen MR) is 103 cm³/mol. The van der Waals surface area contributed by atoms with Crippen molar-refractivity contribution in [2.24, 2.45) is 0 Å². The number of aliphatic hydroxyl groups excluding tert-OH is 1. The van der Waals surface area contributed by atoms with Crippen molar-refractivity contribution in [1.29, 1.82) is 0 Å². The molecule has 4 heteroatoms. The lowest BCUT2D eigenvalue weighted by Gasteiger charge is -2.14. The summed E-state index contributed by atoms with van der Waals surface area (Å²) in [6.07, 6.45) is 10.3. The Balaban J connectivity index is 2.11. The Morgan fingerprint density at radius 1 is 0.917 bits per heavy atom. The molecular weight excluding hydrogens is 299 g/mol. The zero-order valence-electron chi connectivity index (χ0n) is 15.8. The summed E-state index contributed by atoms with van der Waals surface area (Å²) in [5.41, 5.74) is 2.96. The van der Waals surface area contributed by atoms with Crippen LogP contribution in [0.5, 0.6) is 0 Å². The van der Waals surface area contributed by atoms with E-state index in [4.69, 9.17) is 4.65 Å². The third kappa shape index (κ3) is 9.46. The van der Waals surface area contributed by atoms with Gasteiger partial charge in [-0.3, -0.25) is 0 Å². The van der Waals surface area contributed by atoms with Gasteiger partial charge in [-0.05, 0) is 25.7 Å². The maximum absolute atomic E-state index is 10.1. The lowest BCUT2D eigenvalue weighted by Crippen LogP contribution is -2.36. The van der Waals surface area contributed by atoms with Crippen molar-refractivity contribution in [2.45, 2.75) is 84.7 Å². The molecule has 1 rings (SSSR count). The van der Waals surface area contributed by atoms with E-state index in [1.165, 1.54) is 44.9 Å². The molecule has 2 N–H and O–H groups in total. The summed E-state index contributed by atoms with van der Waals surface area (Å²) in [4.78, 5) is 0. The van der Waals surface area contributed by atoms with E-state index in [0.29, 0.717) is 0 Å². The molecule has 0 aliphatic rings. The van der Waals surface area contributed by atoms with Crippen LogP contribution in [0, 0.1) is 13.8 Å². The van der Waals surface area contributed by atoms with E-state index < -0.39 is 13.2 Å². The molecule has 0 fully saturated rings. The van der Waals surface area contributed by atoms with Crippen LogP contribution >= 0.6 is 0 Å². The number of hydrogen-bond donors (Lipinski definition) is 2. The molecule has 0 aliphatic heterocycles. The lowest BCUT2D eigenvalue weighted by atomic mass is 9.78. The van der Waals surface area contributed by atoms with Gasteiger partial charge in [-0.25, -0.2) is 0 Å². The first-order chi connectivity index (χ1) is 11.5. The van der Waals surface area contributed by atoms with Gasteiger partial charge in [0, 0.05) is 0 Å². The highest BCUT2D eigenvalue weighted by molar-refractivity contribution is 6.60. The van der Waals surface area contributed by atoms with Crippen molar-refractivity contribution >= 4 is 12.6 Å². The van der Waals surface area contributed by atoms with Crippen molar-refractivity contribution in [2.75, 3.05) is 6.61 Å². The van der Waals surface area contributed by atoms with Gasteiger partial charge in [0.25, 0.3) is 0 Å². The maximum Gasteiger partial charge on any atom is 0.491 e. The van der Waals surface area contributed by atoms with E-state index in [-0.39, 0.29) is 6.61 Å². The normalized spacial score (nSPS) is 12.4. The summed E-state index contributed by atoms with van der Waals surface area (Å²) >= 11 is 0. The number of hydrogen-bond acceptors (Lipinski definition) is 3. The van der Waals surface area contributed by atoms with Crippen LogP contribution in [0.15, 0.2) is 18.2 Å². The molecule has 24 heavy (non-hydrogen) atoms. The summed E-state index contributed by atoms with van der Waals surface area (Å²) < 4.78 is 5.43. The van der Waals surface area contributed by atoms with Gasteiger partial charge in [-0.2, -0.15) is 0 Å². The second-order valence-electron chi connectivity index (χ2n) is 7.02. The van der Waals surface area contributed by atoms with Crippen LogP contribution in [0.25, 0.3) is 0 Å². The Morgan fingerprint density at radius 2 is 1.46 bits per heavy atom. The van der Waals surface area contributed by atoms with Crippen molar-refractivity contribution in [1.82, 2.24) is 0 Å². The molecule has 0 saturated carbocycles. The first-order valence-electron chi connectivity index (χ1n) is 9.59. The Bertz CT molecular complexity index is 430. The summed E-state index contributed by atoms with van der Waals surface area (Å²) in [5.74, 6) is 0. The second-order valence-corrected chi connectivity index (χ2v) is 7.02. The topological polar surface area (TPSA) is 49.7 Å². The van der Waals surface area contributed by atoms with Gasteiger partial charge in [0.1, 0.15) is 0 Å². The third-order valence-electron chi connectivity index (χ3n) is 4.37. The fourth-order valence-electron chi connectivity index (χ4n) is 3.05. The largest absolute Gasteiger partial charge is 0.491 e. The van der Waals surface area contributed by atoms with E-state index in [2.05, 4.69) is 13.0 Å². The average molecular weight is 334 g/mol. The highest BCUT2D eigenvalue weighted by Gasteiger charge is 2.18. The SMILES string of the molecule is CCCCCCCCCCC(O)COB(O)c1cc(C)cc(C)c1. The second kappa shape index (κ2) is 12.5. The molecule has 136 valence electrons. The monoisotopic (exact) mass is 334 g/mol. The minimum atomic E-state index is -0.961. The molecule has 3 nitrogen and oxygen atoms in total. The summed E-state index contributed by atoms with van der Waals surface area (Å²) in [6, 6.07) is 5.90. The van der Waals surface area contributed by atoms with Crippen molar-refractivity contribution < 1.29 is 14.8 Å². The van der Waals surface area contributed by atoms with Gasteiger partial charge in [0.05, 0.1) is 12.7 Å². The van der Waals surface area contributed by atoms with Crippen molar-refractivity contribution in [3.8, 4) is 0 Å². The van der Waals surface area contributed by atoms with Crippen LogP contribution in [-0.2, 0) is 4.65 Å². The fourth-order valence-corrected chi connectivity index (χ4v) is 3.05. The highest BCUT2D eigenvalue weighted by atomic mass is 16.5. The number of rotatable bonds is 13. The molecule has 0 saturated heterocycles. The molecular formula is C20H35BO3. The van der Waals surface area contributed by atoms with E-state index in [1.54, 1.807) is 0 Å². The molecule has 1 aromatic rings. The van der Waals surface area contributed by atoms with Crippen LogP contribution in [-0.4, -0.2) is 30.0 Å². The third-order valence-corrected chi connectivity index (χ3v) is 4.37. The smallest absolute Gasteiger partial charge is 0.423 e. The van der Waals surface area contributed by atoms with E-state index in [0.717, 1.165) is 29.4 Å². The standard InChI is InChI=1S/C20H35BO3/c1-4-5-6-7-8-9-10-11-12-20(22)16-24-21(23)19-14-17(2)13-18(3)15-19/h13-15,20,22-23H,4-12,16H2,1-3H3. The molecule has 1 unspecified atom stereocenters. The quantitative estimate of drug-likeness (QED) is 0.425. The van der Waals surface area contributed by atoms with Crippen molar-refractivity contribution in [3.05, 3.63) is 29.3 Å². The van der Waals surface area contributed by atoms with Crippen LogP contribution in [0.2, 0.25) is 0 Å². The predicted octanol–water partition coefficient (Wildman–Crippen LogP) is 3.90. The number of aryl methyl sites for hydroxylation is 2. The molecule has 0 amide bonds. The van der Waals surface area contributed by atoms with Gasteiger partial charge >= 0.3 is 7.12 Å². The molecule has 0 bridgehead atoms. The Labute approximate surface area is 148 Å². The van der Waals surface area contributed by atoms with Crippen LogP contribution < -0.4 is 5.46 Å². The minimum absolute atomic E-state index is 0.185. The average Bonchev–Trinajstić information content (AvgIpc) is 2.54. The van der Waals surface area contributed by atoms with Gasteiger partial charge < -0.3 is 14.8 Å². The maximum atomic E-state index is 10.1. The number of benzene rings is 1. The van der Waals surface area contributed by atoms with E-state index in [9.17, 15) is 10.1 Å². The molecule has 0 aromatic heterocycles. The molecule has 0 heterocycles. The summed E-state index contributed by atoms with van der Waals surface area (Å²) in [7, 11) is -0.961. The van der Waals surface area contributed by atoms with Crippen LogP contribution in [0.3, 0.4) is 0 Å². The zero-order valence-corrected chi connectivity index (χ0v) is 15.8. The van der Waals surface area contributed by atoms with Gasteiger partial charge in [-0.15, -0.1) is 0 Å². The number of unbranched alkanes of at least 4 members (excludes halogenated alkanes) is 7. The molecule has 1 aromatic carbocycles. The van der Waals surface area contributed by atoms with E-state index >= 15 is 0 Å². The molecule has 0 aliphatic carbocycles. The first-order valence-corrected chi connectivity index (χ1v) is 9.59. The number of aliphatic hydroxyl groups is 1. The minimum Gasteiger partial charge on any atom is -0.423 e. The summed E-state index contributed by atoms with van der Waals surface area (Å²) in [5, 5.41) is 20.1. The highest BCUT2D eigenvalue weighted by Crippen LogP contribution is 2.11. The Hall–Kier alpha value is -0.835. The molecule has 0 spiro atoms. The van der Waals surface area contributed by atoms with Gasteiger partial charge in [-0.1, -0.05) is 87.6 Å². The lowest BCUT2D eigenvalue weighted by molar-refractivity contribution is 0.0887. The van der Waals surface area contributed by atoms with Crippen LogP contribution in [0.4, 0.5) is 0 Å². The first kappa shape index (κ1) is 21.2. The Kier molecular flexibility index (Phi) is 11.1. The molecule has 0 radical (unpaired) electrons. The van der Waals surface area contributed by atoms with Crippen molar-refractivity contribution in [3.63, 3.8) is 0 Å². The fraction of sp³-hybridized carbons (Fsp3) is 0.700. The van der Waals surface area contributed by atoms with Gasteiger partial charge in [0.2, 0.25) is 0 Å².